The van der Waals surface area contributed by atoms with E-state index in [2.05, 4.69) is 21.4 Å². The van der Waals surface area contributed by atoms with Crippen LogP contribution in [0, 0.1) is 12.3 Å². The van der Waals surface area contributed by atoms with Gasteiger partial charge in [-0.15, -0.1) is 0 Å². The van der Waals surface area contributed by atoms with Crippen molar-refractivity contribution in [3.05, 3.63) is 93.7 Å². The summed E-state index contributed by atoms with van der Waals surface area (Å²) >= 11 is 0. The molecule has 0 atom stereocenters. The molecule has 0 amide bonds. The van der Waals surface area contributed by atoms with Crippen LogP contribution in [0.25, 0.3) is 10.8 Å². The lowest BCUT2D eigenvalue weighted by molar-refractivity contribution is 0.301. The van der Waals surface area contributed by atoms with Crippen LogP contribution in [0.3, 0.4) is 0 Å². The van der Waals surface area contributed by atoms with E-state index in [1.807, 2.05) is 60.0 Å². The highest BCUT2D eigenvalue weighted by molar-refractivity contribution is 6.16. The third kappa shape index (κ3) is 3.75. The van der Waals surface area contributed by atoms with Gasteiger partial charge >= 0.3 is 0 Å². The summed E-state index contributed by atoms with van der Waals surface area (Å²) in [6.45, 7) is 2.37. The number of nitrogens with two attached hydrogens (primary N) is 1. The zero-order valence-electron chi connectivity index (χ0n) is 18.5. The highest BCUT2D eigenvalue weighted by Gasteiger charge is 2.24. The molecule has 2 aromatic carbocycles. The second kappa shape index (κ2) is 8.50. The highest BCUT2D eigenvalue weighted by Crippen LogP contribution is 2.33. The number of aryl methyl sites for hydroxylation is 1. The molecular formula is C26H26N6O. The fraction of sp³-hybridized carbons (Fsp3) is 0.231. The van der Waals surface area contributed by atoms with Gasteiger partial charge in [0.15, 0.2) is 0 Å². The monoisotopic (exact) mass is 438 g/mol. The molecule has 7 nitrogen and oxygen atoms in total. The predicted octanol–water partition coefficient (Wildman–Crippen LogP) is 4.44. The summed E-state index contributed by atoms with van der Waals surface area (Å²) in [5.74, 6) is 0.722. The van der Waals surface area contributed by atoms with Crippen molar-refractivity contribution in [3.63, 3.8) is 0 Å². The molecule has 1 saturated carbocycles. The number of nitrogens with zero attached hydrogens (tertiary/aromatic N) is 3. The van der Waals surface area contributed by atoms with Gasteiger partial charge in [-0.1, -0.05) is 48.5 Å². The molecule has 4 N–H and O–H groups in total. The predicted molar refractivity (Wildman–Crippen MR) is 132 cm³/mol. The van der Waals surface area contributed by atoms with Crippen LogP contribution in [0.15, 0.2) is 65.7 Å². The standard InChI is InChI=1S/C26H26N6O/c1-16-7-5-10-18-13-20(32(19-11-6-12-19)26(33)21(16)18)14-29-25-22(24(28)30-15-31-25)23(27)17-8-3-2-4-9-17/h2-5,7-10,13,15,19,27H,6,11-12,14H2,1H3,(H3,28,29,30,31). The molecule has 0 bridgehead atoms. The van der Waals surface area contributed by atoms with Crippen molar-refractivity contribution in [3.8, 4) is 0 Å². The highest BCUT2D eigenvalue weighted by atomic mass is 16.1. The van der Waals surface area contributed by atoms with E-state index in [-0.39, 0.29) is 23.1 Å². The van der Waals surface area contributed by atoms with E-state index in [1.54, 1.807) is 0 Å². The molecule has 0 spiro atoms. The van der Waals surface area contributed by atoms with E-state index < -0.39 is 0 Å². The van der Waals surface area contributed by atoms with Crippen LogP contribution in [-0.2, 0) is 6.54 Å². The Morgan fingerprint density at radius 3 is 2.67 bits per heavy atom. The Kier molecular flexibility index (Phi) is 5.38. The fourth-order valence-electron chi connectivity index (χ4n) is 4.49. The molecule has 166 valence electrons. The molecule has 2 aromatic heterocycles. The largest absolute Gasteiger partial charge is 0.383 e. The summed E-state index contributed by atoms with van der Waals surface area (Å²) in [5, 5.41) is 13.8. The van der Waals surface area contributed by atoms with Crippen molar-refractivity contribution in [1.82, 2.24) is 14.5 Å². The summed E-state index contributed by atoms with van der Waals surface area (Å²) in [5.41, 5.74) is 9.56. The number of fused-ring (bicyclic) bond motifs is 1. The number of pyridine rings is 1. The second-order valence-electron chi connectivity index (χ2n) is 8.51. The first-order chi connectivity index (χ1) is 16.0. The van der Waals surface area contributed by atoms with Crippen LogP contribution in [0.2, 0.25) is 0 Å². The molecule has 1 fully saturated rings. The maximum Gasteiger partial charge on any atom is 0.259 e. The molecule has 0 unspecified atom stereocenters. The summed E-state index contributed by atoms with van der Waals surface area (Å²) < 4.78 is 1.94. The Balaban J connectivity index is 1.54. The number of benzene rings is 2. The molecular weight excluding hydrogens is 412 g/mol. The van der Waals surface area contributed by atoms with Crippen LogP contribution < -0.4 is 16.6 Å². The topological polar surface area (TPSA) is 110 Å². The Morgan fingerprint density at radius 1 is 1.15 bits per heavy atom. The summed E-state index contributed by atoms with van der Waals surface area (Å²) in [4.78, 5) is 22.0. The Hall–Kier alpha value is -4.00. The number of anilines is 2. The molecule has 1 aliphatic rings. The molecule has 0 saturated heterocycles. The van der Waals surface area contributed by atoms with E-state index in [4.69, 9.17) is 11.1 Å². The zero-order valence-corrected chi connectivity index (χ0v) is 18.5. The minimum Gasteiger partial charge on any atom is -0.383 e. The molecule has 4 aromatic rings. The van der Waals surface area contributed by atoms with Gasteiger partial charge < -0.3 is 15.6 Å². The number of hydrogen-bond acceptors (Lipinski definition) is 6. The molecule has 1 aliphatic carbocycles. The number of hydrogen-bond donors (Lipinski definition) is 3. The molecule has 33 heavy (non-hydrogen) atoms. The van der Waals surface area contributed by atoms with Gasteiger partial charge in [-0.25, -0.2) is 9.97 Å². The van der Waals surface area contributed by atoms with Crippen molar-refractivity contribution in [2.75, 3.05) is 11.1 Å². The van der Waals surface area contributed by atoms with Gasteiger partial charge in [0.2, 0.25) is 0 Å². The van der Waals surface area contributed by atoms with Gasteiger partial charge in [-0.05, 0) is 43.2 Å². The fourth-order valence-corrected chi connectivity index (χ4v) is 4.49. The zero-order chi connectivity index (χ0) is 22.9. The van der Waals surface area contributed by atoms with E-state index in [0.717, 1.165) is 46.9 Å². The number of rotatable bonds is 6. The number of aromatic nitrogens is 3. The molecule has 5 rings (SSSR count). The van der Waals surface area contributed by atoms with Gasteiger partial charge in [0, 0.05) is 17.3 Å². The normalized spacial score (nSPS) is 13.6. The average molecular weight is 439 g/mol. The summed E-state index contributed by atoms with van der Waals surface area (Å²) in [6, 6.07) is 17.6. The minimum absolute atomic E-state index is 0.0616. The average Bonchev–Trinajstić information content (AvgIpc) is 2.78. The lowest BCUT2D eigenvalue weighted by Crippen LogP contribution is -2.32. The molecule has 7 heteroatoms. The van der Waals surface area contributed by atoms with Crippen LogP contribution in [0.4, 0.5) is 11.6 Å². The number of nitrogens with one attached hydrogen (secondary N) is 2. The van der Waals surface area contributed by atoms with E-state index in [1.165, 1.54) is 6.33 Å². The minimum atomic E-state index is 0.0616. The third-order valence-corrected chi connectivity index (χ3v) is 6.44. The van der Waals surface area contributed by atoms with Crippen LogP contribution in [-0.4, -0.2) is 20.2 Å². The summed E-state index contributed by atoms with van der Waals surface area (Å²) in [6.07, 6.45) is 4.54. The maximum atomic E-state index is 13.5. The lowest BCUT2D eigenvalue weighted by Gasteiger charge is -2.31. The Morgan fingerprint density at radius 2 is 1.94 bits per heavy atom. The van der Waals surface area contributed by atoms with Crippen LogP contribution in [0.5, 0.6) is 0 Å². The van der Waals surface area contributed by atoms with E-state index in [0.29, 0.717) is 17.9 Å². The van der Waals surface area contributed by atoms with Gasteiger partial charge in [-0.3, -0.25) is 10.2 Å². The number of nitrogen functional groups attached to an aromatic ring is 1. The van der Waals surface area contributed by atoms with Crippen molar-refractivity contribution in [2.45, 2.75) is 38.8 Å². The first kappa shape index (κ1) is 20.9. The van der Waals surface area contributed by atoms with Gasteiger partial charge in [-0.2, -0.15) is 0 Å². The van der Waals surface area contributed by atoms with Crippen LogP contribution in [0.1, 0.15) is 47.7 Å². The molecule has 0 aliphatic heterocycles. The Bertz CT molecular complexity index is 1410. The summed E-state index contributed by atoms with van der Waals surface area (Å²) in [7, 11) is 0. The van der Waals surface area contributed by atoms with Crippen LogP contribution >= 0.6 is 0 Å². The van der Waals surface area contributed by atoms with Crippen molar-refractivity contribution < 1.29 is 0 Å². The first-order valence-electron chi connectivity index (χ1n) is 11.2. The van der Waals surface area contributed by atoms with Crippen molar-refractivity contribution >= 4 is 28.1 Å². The van der Waals surface area contributed by atoms with Gasteiger partial charge in [0.1, 0.15) is 18.0 Å². The van der Waals surface area contributed by atoms with E-state index >= 15 is 0 Å². The second-order valence-corrected chi connectivity index (χ2v) is 8.51. The van der Waals surface area contributed by atoms with Gasteiger partial charge in [0.05, 0.1) is 23.2 Å². The SMILES string of the molecule is Cc1cccc2cc(CNc3ncnc(N)c3C(=N)c3ccccc3)n(C3CCC3)c(=O)c12. The molecule has 0 radical (unpaired) electrons. The molecule has 2 heterocycles. The van der Waals surface area contributed by atoms with Gasteiger partial charge in [0.25, 0.3) is 5.56 Å². The lowest BCUT2D eigenvalue weighted by atomic mass is 9.91. The maximum absolute atomic E-state index is 13.5. The van der Waals surface area contributed by atoms with E-state index in [9.17, 15) is 4.79 Å². The first-order valence-corrected chi connectivity index (χ1v) is 11.2. The quantitative estimate of drug-likeness (QED) is 0.386. The van der Waals surface area contributed by atoms with Crippen molar-refractivity contribution in [2.24, 2.45) is 0 Å². The smallest absolute Gasteiger partial charge is 0.259 e. The van der Waals surface area contributed by atoms with Crippen molar-refractivity contribution in [1.29, 1.82) is 5.41 Å². The Labute approximate surface area is 191 Å². The third-order valence-electron chi connectivity index (χ3n) is 6.44.